The smallest absolute Gasteiger partial charge is 0.0991 e. The van der Waals surface area contributed by atoms with E-state index in [-0.39, 0.29) is 5.41 Å². The number of aromatic nitrogens is 1. The van der Waals surface area contributed by atoms with Gasteiger partial charge in [-0.25, -0.2) is 0 Å². The molecule has 8 rings (SSSR count). The van der Waals surface area contributed by atoms with E-state index in [1.165, 1.54) is 65.6 Å². The Morgan fingerprint density at radius 3 is 2.24 bits per heavy atom. The molecule has 0 amide bonds. The first kappa shape index (κ1) is 21.2. The van der Waals surface area contributed by atoms with Crippen LogP contribution >= 0.6 is 0 Å². The molecule has 0 atom stereocenters. The lowest BCUT2D eigenvalue weighted by molar-refractivity contribution is 0.645. The summed E-state index contributed by atoms with van der Waals surface area (Å²) in [6, 6.07) is 41.5. The number of benzene rings is 6. The Morgan fingerprint density at radius 1 is 0.658 bits per heavy atom. The first-order valence-corrected chi connectivity index (χ1v) is 13.1. The fourth-order valence-corrected chi connectivity index (χ4v) is 6.84. The number of nitrogens with zero attached hydrogens (tertiary/aromatic N) is 2. The van der Waals surface area contributed by atoms with Gasteiger partial charge in [-0.15, -0.1) is 0 Å². The highest BCUT2D eigenvalue weighted by molar-refractivity contribution is 6.28. The standard InChI is InChI=1S/C36H24N2/c1-36(2)29-12-6-5-11-27(29)34-32-24(9-7-13-30(32)36)20-31-33(34)28-19-16-23-8-3-4-10-26(23)35(28)38(31)25-17-14-22(21-37)15-18-25/h3-20H,1-2H3. The first-order chi connectivity index (χ1) is 18.6. The summed E-state index contributed by atoms with van der Waals surface area (Å²) in [5.41, 5.74) is 9.43. The highest BCUT2D eigenvalue weighted by Gasteiger charge is 2.35. The maximum Gasteiger partial charge on any atom is 0.0991 e. The Hall–Kier alpha value is -4.87. The van der Waals surface area contributed by atoms with E-state index in [0.717, 1.165) is 5.69 Å². The second-order valence-corrected chi connectivity index (χ2v) is 10.9. The summed E-state index contributed by atoms with van der Waals surface area (Å²) < 4.78 is 2.40. The third-order valence-corrected chi connectivity index (χ3v) is 8.58. The van der Waals surface area contributed by atoms with Crippen LogP contribution in [0.1, 0.15) is 30.5 Å². The van der Waals surface area contributed by atoms with Gasteiger partial charge < -0.3 is 4.57 Å². The van der Waals surface area contributed by atoms with Crippen LogP contribution in [-0.2, 0) is 5.41 Å². The fourth-order valence-electron chi connectivity index (χ4n) is 6.84. The Balaban J connectivity index is 1.68. The van der Waals surface area contributed by atoms with Crippen molar-refractivity contribution < 1.29 is 0 Å². The van der Waals surface area contributed by atoms with Gasteiger partial charge in [0.25, 0.3) is 0 Å². The van der Waals surface area contributed by atoms with Crippen molar-refractivity contribution in [3.63, 3.8) is 0 Å². The van der Waals surface area contributed by atoms with Crippen LogP contribution in [0.5, 0.6) is 0 Å². The van der Waals surface area contributed by atoms with Crippen LogP contribution in [0.15, 0.2) is 109 Å². The van der Waals surface area contributed by atoms with Crippen molar-refractivity contribution in [1.82, 2.24) is 4.57 Å². The van der Waals surface area contributed by atoms with Crippen LogP contribution in [0.25, 0.3) is 60.2 Å². The number of hydrogen-bond donors (Lipinski definition) is 0. The van der Waals surface area contributed by atoms with Crippen molar-refractivity contribution >= 4 is 43.4 Å². The maximum atomic E-state index is 9.44. The normalized spacial score (nSPS) is 13.7. The van der Waals surface area contributed by atoms with Gasteiger partial charge in [0.15, 0.2) is 0 Å². The van der Waals surface area contributed by atoms with Gasteiger partial charge in [-0.3, -0.25) is 0 Å². The van der Waals surface area contributed by atoms with Crippen molar-refractivity contribution in [3.8, 4) is 22.9 Å². The number of hydrogen-bond acceptors (Lipinski definition) is 1. The minimum Gasteiger partial charge on any atom is -0.309 e. The molecule has 1 aromatic heterocycles. The molecule has 0 aliphatic heterocycles. The quantitative estimate of drug-likeness (QED) is 0.228. The average Bonchev–Trinajstić information content (AvgIpc) is 3.29. The van der Waals surface area contributed by atoms with E-state index in [1.54, 1.807) is 0 Å². The molecule has 38 heavy (non-hydrogen) atoms. The third-order valence-electron chi connectivity index (χ3n) is 8.58. The summed E-state index contributed by atoms with van der Waals surface area (Å²) in [7, 11) is 0. The second kappa shape index (κ2) is 7.34. The maximum absolute atomic E-state index is 9.44. The summed E-state index contributed by atoms with van der Waals surface area (Å²) in [5.74, 6) is 0. The first-order valence-electron chi connectivity index (χ1n) is 13.1. The molecule has 178 valence electrons. The van der Waals surface area contributed by atoms with Crippen molar-refractivity contribution in [1.29, 1.82) is 5.26 Å². The van der Waals surface area contributed by atoms with Crippen molar-refractivity contribution in [2.75, 3.05) is 0 Å². The van der Waals surface area contributed by atoms with Gasteiger partial charge in [0.05, 0.1) is 22.7 Å². The summed E-state index contributed by atoms with van der Waals surface area (Å²) >= 11 is 0. The van der Waals surface area contributed by atoms with Crippen molar-refractivity contribution in [2.45, 2.75) is 19.3 Å². The Kier molecular flexibility index (Phi) is 4.10. The summed E-state index contributed by atoms with van der Waals surface area (Å²) in [5, 5.41) is 17.1. The van der Waals surface area contributed by atoms with Gasteiger partial charge in [0.2, 0.25) is 0 Å². The lowest BCUT2D eigenvalue weighted by Crippen LogP contribution is -2.23. The van der Waals surface area contributed by atoms with Gasteiger partial charge in [-0.1, -0.05) is 92.7 Å². The molecule has 0 unspecified atom stereocenters. The van der Waals surface area contributed by atoms with Gasteiger partial charge in [-0.05, 0) is 63.2 Å². The summed E-state index contributed by atoms with van der Waals surface area (Å²) in [4.78, 5) is 0. The van der Waals surface area contributed by atoms with Crippen LogP contribution in [-0.4, -0.2) is 4.57 Å². The molecule has 6 aromatic carbocycles. The van der Waals surface area contributed by atoms with Gasteiger partial charge in [0.1, 0.15) is 0 Å². The highest BCUT2D eigenvalue weighted by atomic mass is 15.0. The fraction of sp³-hybridized carbons (Fsp3) is 0.0833. The van der Waals surface area contributed by atoms with E-state index < -0.39 is 0 Å². The molecule has 0 saturated heterocycles. The third kappa shape index (κ3) is 2.61. The monoisotopic (exact) mass is 484 g/mol. The zero-order valence-electron chi connectivity index (χ0n) is 21.3. The molecular weight excluding hydrogens is 460 g/mol. The molecular formula is C36H24N2. The lowest BCUT2D eigenvalue weighted by Gasteiger charge is -2.35. The molecule has 7 aromatic rings. The zero-order valence-corrected chi connectivity index (χ0v) is 21.3. The predicted molar refractivity (Wildman–Crippen MR) is 158 cm³/mol. The lowest BCUT2D eigenvalue weighted by atomic mass is 9.68. The van der Waals surface area contributed by atoms with E-state index in [0.29, 0.717) is 5.56 Å². The summed E-state index contributed by atoms with van der Waals surface area (Å²) in [6.07, 6.45) is 0. The molecule has 1 aliphatic rings. The van der Waals surface area contributed by atoms with E-state index in [1.807, 2.05) is 12.1 Å². The minimum absolute atomic E-state index is 0.0883. The topological polar surface area (TPSA) is 28.7 Å². The molecule has 2 heteroatoms. The number of fused-ring (bicyclic) bond motifs is 8. The molecule has 0 saturated carbocycles. The molecule has 2 nitrogen and oxygen atoms in total. The molecule has 0 radical (unpaired) electrons. The molecule has 0 bridgehead atoms. The van der Waals surface area contributed by atoms with Crippen LogP contribution < -0.4 is 0 Å². The predicted octanol–water partition coefficient (Wildman–Crippen LogP) is 9.27. The largest absolute Gasteiger partial charge is 0.309 e. The second-order valence-electron chi connectivity index (χ2n) is 10.9. The Labute approximate surface area is 221 Å². The van der Waals surface area contributed by atoms with Gasteiger partial charge >= 0.3 is 0 Å². The van der Waals surface area contributed by atoms with E-state index in [2.05, 4.69) is 122 Å². The van der Waals surface area contributed by atoms with E-state index in [4.69, 9.17) is 0 Å². The van der Waals surface area contributed by atoms with Crippen molar-refractivity contribution in [2.24, 2.45) is 0 Å². The number of nitriles is 1. The van der Waals surface area contributed by atoms with Gasteiger partial charge in [0, 0.05) is 32.8 Å². The van der Waals surface area contributed by atoms with Crippen LogP contribution in [0.4, 0.5) is 0 Å². The molecule has 0 N–H and O–H groups in total. The molecule has 1 heterocycles. The molecule has 1 aliphatic carbocycles. The van der Waals surface area contributed by atoms with Crippen molar-refractivity contribution in [3.05, 3.63) is 126 Å². The Morgan fingerprint density at radius 2 is 1.39 bits per heavy atom. The zero-order chi connectivity index (χ0) is 25.6. The Bertz CT molecular complexity index is 2150. The van der Waals surface area contributed by atoms with Crippen LogP contribution in [0.3, 0.4) is 0 Å². The average molecular weight is 485 g/mol. The molecule has 0 fully saturated rings. The van der Waals surface area contributed by atoms with E-state index >= 15 is 0 Å². The SMILES string of the molecule is CC1(C)c2ccccc2-c2c3c1cccc3cc1c2c2ccc3ccccc3c2n1-c1ccc(C#N)cc1. The highest BCUT2D eigenvalue weighted by Crippen LogP contribution is 2.53. The minimum atomic E-state index is -0.0883. The molecule has 0 spiro atoms. The summed E-state index contributed by atoms with van der Waals surface area (Å²) in [6.45, 7) is 4.70. The number of rotatable bonds is 1. The van der Waals surface area contributed by atoms with Crippen LogP contribution in [0.2, 0.25) is 0 Å². The van der Waals surface area contributed by atoms with E-state index in [9.17, 15) is 5.26 Å². The van der Waals surface area contributed by atoms with Crippen LogP contribution in [0, 0.1) is 11.3 Å². The van der Waals surface area contributed by atoms with Gasteiger partial charge in [-0.2, -0.15) is 5.26 Å².